The zero-order chi connectivity index (χ0) is 23.6. The summed E-state index contributed by atoms with van der Waals surface area (Å²) in [5.74, 6) is -0.584. The smallest absolute Gasteiger partial charge is 0.335 e. The van der Waals surface area contributed by atoms with E-state index >= 15 is 0 Å². The number of H-pyrrole nitrogens is 1. The number of aromatic hydroxyl groups is 1. The van der Waals surface area contributed by atoms with Gasteiger partial charge in [-0.15, -0.1) is 0 Å². The third-order valence-corrected chi connectivity index (χ3v) is 7.50. The highest BCUT2D eigenvalue weighted by molar-refractivity contribution is 7.89. The molecular formula is C22H21ClN4O5S. The van der Waals surface area contributed by atoms with E-state index in [-0.39, 0.29) is 10.5 Å². The van der Waals surface area contributed by atoms with Crippen molar-refractivity contribution >= 4 is 33.5 Å². The molecule has 0 saturated carbocycles. The molecule has 1 saturated heterocycles. The third-order valence-electron chi connectivity index (χ3n) is 5.34. The topological polar surface area (TPSA) is 125 Å². The maximum absolute atomic E-state index is 12.8. The van der Waals surface area contributed by atoms with E-state index < -0.39 is 27.2 Å². The SMILES string of the molecule is O=c1[nH]c(=O)n(-c2ccc(Cl)cc2)c(O)c1C=Nc1ccc(S(=O)(=O)N2CCCCC2)cc1. The van der Waals surface area contributed by atoms with Crippen molar-refractivity contribution < 1.29 is 13.5 Å². The van der Waals surface area contributed by atoms with Gasteiger partial charge in [0.05, 0.1) is 16.3 Å². The fraction of sp³-hybridized carbons (Fsp3) is 0.227. The minimum atomic E-state index is -3.56. The number of sulfonamides is 1. The van der Waals surface area contributed by atoms with Gasteiger partial charge in [-0.25, -0.2) is 17.8 Å². The summed E-state index contributed by atoms with van der Waals surface area (Å²) in [7, 11) is -3.56. The predicted octanol–water partition coefficient (Wildman–Crippen LogP) is 2.81. The van der Waals surface area contributed by atoms with Gasteiger partial charge in [0.25, 0.3) is 5.56 Å². The largest absolute Gasteiger partial charge is 0.493 e. The third kappa shape index (κ3) is 4.77. The van der Waals surface area contributed by atoms with Crippen LogP contribution in [0.3, 0.4) is 0 Å². The van der Waals surface area contributed by atoms with Gasteiger partial charge in [-0.1, -0.05) is 18.0 Å². The molecule has 3 aromatic rings. The fourth-order valence-corrected chi connectivity index (χ4v) is 5.23. The van der Waals surface area contributed by atoms with Crippen LogP contribution in [0.1, 0.15) is 24.8 Å². The lowest BCUT2D eigenvalue weighted by molar-refractivity contribution is 0.346. The van der Waals surface area contributed by atoms with E-state index in [1.54, 1.807) is 12.1 Å². The maximum Gasteiger partial charge on any atom is 0.335 e. The number of piperidine rings is 1. The number of nitrogens with one attached hydrogen (secondary N) is 1. The van der Waals surface area contributed by atoms with Gasteiger partial charge in [0, 0.05) is 24.3 Å². The van der Waals surface area contributed by atoms with E-state index in [9.17, 15) is 23.1 Å². The van der Waals surface area contributed by atoms with Crippen LogP contribution in [0.15, 0.2) is 68.0 Å². The summed E-state index contributed by atoms with van der Waals surface area (Å²) in [6, 6.07) is 12.0. The van der Waals surface area contributed by atoms with Crippen molar-refractivity contribution in [2.24, 2.45) is 4.99 Å². The maximum atomic E-state index is 12.8. The number of aromatic amines is 1. The molecule has 0 spiro atoms. The van der Waals surface area contributed by atoms with Crippen molar-refractivity contribution in [3.05, 3.63) is 80.0 Å². The van der Waals surface area contributed by atoms with Crippen LogP contribution in [0.25, 0.3) is 5.69 Å². The first kappa shape index (κ1) is 23.0. The van der Waals surface area contributed by atoms with Crippen LogP contribution in [-0.2, 0) is 10.0 Å². The van der Waals surface area contributed by atoms with Crippen LogP contribution in [-0.4, -0.2) is 46.7 Å². The number of halogens is 1. The van der Waals surface area contributed by atoms with Crippen LogP contribution in [0.5, 0.6) is 5.88 Å². The normalized spacial score (nSPS) is 15.2. The Morgan fingerprint density at radius 1 is 0.970 bits per heavy atom. The van der Waals surface area contributed by atoms with Crippen molar-refractivity contribution in [2.75, 3.05) is 13.1 Å². The monoisotopic (exact) mass is 488 g/mol. The van der Waals surface area contributed by atoms with E-state index in [0.717, 1.165) is 30.0 Å². The van der Waals surface area contributed by atoms with Crippen LogP contribution >= 0.6 is 11.6 Å². The molecule has 33 heavy (non-hydrogen) atoms. The summed E-state index contributed by atoms with van der Waals surface area (Å²) in [5.41, 5.74) is -1.18. The molecule has 1 aliphatic heterocycles. The first-order valence-corrected chi connectivity index (χ1v) is 12.1. The Bertz CT molecular complexity index is 1410. The molecule has 9 nitrogen and oxygen atoms in total. The van der Waals surface area contributed by atoms with Crippen LogP contribution < -0.4 is 11.2 Å². The molecule has 4 rings (SSSR count). The summed E-state index contributed by atoms with van der Waals surface area (Å²) < 4.78 is 27.9. The molecule has 2 aromatic carbocycles. The molecule has 0 amide bonds. The van der Waals surface area contributed by atoms with Crippen molar-refractivity contribution in [1.82, 2.24) is 13.9 Å². The second kappa shape index (κ2) is 9.34. The minimum absolute atomic E-state index is 0.167. The van der Waals surface area contributed by atoms with Gasteiger partial charge >= 0.3 is 5.69 Å². The molecule has 1 aliphatic rings. The van der Waals surface area contributed by atoms with Gasteiger partial charge < -0.3 is 5.11 Å². The summed E-state index contributed by atoms with van der Waals surface area (Å²) in [5, 5.41) is 11.0. The second-order valence-electron chi connectivity index (χ2n) is 7.53. The number of aromatic nitrogens is 2. The Balaban J connectivity index is 1.63. The number of hydrogen-bond acceptors (Lipinski definition) is 6. The van der Waals surface area contributed by atoms with E-state index in [1.807, 2.05) is 0 Å². The van der Waals surface area contributed by atoms with Gasteiger partial charge in [0.15, 0.2) is 0 Å². The Morgan fingerprint density at radius 2 is 1.61 bits per heavy atom. The molecule has 0 atom stereocenters. The fourth-order valence-electron chi connectivity index (χ4n) is 3.58. The first-order valence-electron chi connectivity index (χ1n) is 10.3. The quantitative estimate of drug-likeness (QED) is 0.534. The average Bonchev–Trinajstić information content (AvgIpc) is 2.81. The molecule has 1 aromatic heterocycles. The molecule has 0 radical (unpaired) electrons. The van der Waals surface area contributed by atoms with Crippen molar-refractivity contribution in [1.29, 1.82) is 0 Å². The summed E-state index contributed by atoms with van der Waals surface area (Å²) >= 11 is 5.87. The van der Waals surface area contributed by atoms with E-state index in [1.165, 1.54) is 40.7 Å². The van der Waals surface area contributed by atoms with Crippen molar-refractivity contribution in [3.8, 4) is 11.6 Å². The molecule has 0 aliphatic carbocycles. The zero-order valence-electron chi connectivity index (χ0n) is 17.4. The van der Waals surface area contributed by atoms with Gasteiger partial charge in [-0.2, -0.15) is 4.31 Å². The summed E-state index contributed by atoms with van der Waals surface area (Å²) in [4.78, 5) is 31.0. The second-order valence-corrected chi connectivity index (χ2v) is 9.90. The van der Waals surface area contributed by atoms with Crippen molar-refractivity contribution in [2.45, 2.75) is 24.2 Å². The number of benzene rings is 2. The van der Waals surface area contributed by atoms with Crippen LogP contribution in [0.2, 0.25) is 5.02 Å². The molecule has 2 N–H and O–H groups in total. The standard InChI is InChI=1S/C22H21ClN4O5S/c23-15-4-8-17(9-5-15)27-21(29)19(20(28)25-22(27)30)14-24-16-6-10-18(11-7-16)33(31,32)26-12-2-1-3-13-26/h4-11,14,29H,1-3,12-13H2,(H,25,28,30). The van der Waals surface area contributed by atoms with E-state index in [0.29, 0.717) is 29.5 Å². The van der Waals surface area contributed by atoms with Gasteiger partial charge in [-0.05, 0) is 61.4 Å². The number of aliphatic imine (C=N–C) groups is 1. The number of rotatable bonds is 5. The van der Waals surface area contributed by atoms with Crippen molar-refractivity contribution in [3.63, 3.8) is 0 Å². The lowest BCUT2D eigenvalue weighted by Gasteiger charge is -2.25. The lowest BCUT2D eigenvalue weighted by atomic mass is 10.2. The highest BCUT2D eigenvalue weighted by Crippen LogP contribution is 2.23. The van der Waals surface area contributed by atoms with Gasteiger partial charge in [-0.3, -0.25) is 14.8 Å². The molecule has 2 heterocycles. The Kier molecular flexibility index (Phi) is 6.50. The van der Waals surface area contributed by atoms with Gasteiger partial charge in [0.1, 0.15) is 5.56 Å². The Labute approximate surface area is 194 Å². The molecule has 0 bridgehead atoms. The molecule has 0 unspecified atom stereocenters. The molecule has 1 fully saturated rings. The van der Waals surface area contributed by atoms with Crippen LogP contribution in [0, 0.1) is 0 Å². The Morgan fingerprint density at radius 3 is 2.24 bits per heavy atom. The summed E-state index contributed by atoms with van der Waals surface area (Å²) in [6.45, 7) is 1.02. The Hall–Kier alpha value is -3.21. The van der Waals surface area contributed by atoms with Crippen LogP contribution in [0.4, 0.5) is 5.69 Å². The van der Waals surface area contributed by atoms with E-state index in [4.69, 9.17) is 11.6 Å². The minimum Gasteiger partial charge on any atom is -0.493 e. The highest BCUT2D eigenvalue weighted by Gasteiger charge is 2.25. The predicted molar refractivity (Wildman–Crippen MR) is 126 cm³/mol. The van der Waals surface area contributed by atoms with E-state index in [2.05, 4.69) is 9.98 Å². The first-order chi connectivity index (χ1) is 15.8. The molecule has 172 valence electrons. The average molecular weight is 489 g/mol. The lowest BCUT2D eigenvalue weighted by Crippen LogP contribution is -2.35. The number of hydrogen-bond donors (Lipinski definition) is 2. The van der Waals surface area contributed by atoms with Gasteiger partial charge in [0.2, 0.25) is 15.9 Å². The number of nitrogens with zero attached hydrogens (tertiary/aromatic N) is 3. The molecular weight excluding hydrogens is 468 g/mol. The zero-order valence-corrected chi connectivity index (χ0v) is 19.0. The highest BCUT2D eigenvalue weighted by atomic mass is 35.5. The molecule has 11 heteroatoms. The summed E-state index contributed by atoms with van der Waals surface area (Å²) in [6.07, 6.45) is 3.83.